The van der Waals surface area contributed by atoms with Crippen LogP contribution in [0.1, 0.15) is 32.3 Å². The van der Waals surface area contributed by atoms with Gasteiger partial charge in [0.25, 0.3) is 0 Å². The lowest BCUT2D eigenvalue weighted by molar-refractivity contribution is -0.152. The third kappa shape index (κ3) is 5.17. The van der Waals surface area contributed by atoms with Gasteiger partial charge >= 0.3 is 5.97 Å². The predicted molar refractivity (Wildman–Crippen MR) is 114 cm³/mol. The Hall–Kier alpha value is -3.35. The van der Waals surface area contributed by atoms with E-state index in [1.807, 2.05) is 43.3 Å². The van der Waals surface area contributed by atoms with Crippen molar-refractivity contribution >= 4 is 22.6 Å². The molecule has 2 atom stereocenters. The van der Waals surface area contributed by atoms with Crippen molar-refractivity contribution in [2.45, 2.75) is 45.4 Å². The number of amides is 1. The Labute approximate surface area is 176 Å². The zero-order chi connectivity index (χ0) is 21.7. The third-order valence-corrected chi connectivity index (χ3v) is 4.87. The molecule has 7 heteroatoms. The number of rotatable bonds is 8. The number of benzene rings is 2. The minimum atomic E-state index is -0.804. The number of carbonyl (C=O) groups is 2. The molecule has 0 unspecified atom stereocenters. The number of carbonyl (C=O) groups excluding carboxylic acids is 2. The molecule has 30 heavy (non-hydrogen) atoms. The van der Waals surface area contributed by atoms with Crippen LogP contribution in [0.15, 0.2) is 55.1 Å². The lowest BCUT2D eigenvalue weighted by Crippen LogP contribution is -2.46. The highest BCUT2D eigenvalue weighted by Gasteiger charge is 2.26. The maximum Gasteiger partial charge on any atom is 0.330 e. The van der Waals surface area contributed by atoms with Crippen LogP contribution in [0.3, 0.4) is 0 Å². The van der Waals surface area contributed by atoms with Crippen molar-refractivity contribution in [2.24, 2.45) is 0 Å². The number of imidazole rings is 1. The van der Waals surface area contributed by atoms with Gasteiger partial charge in [-0.1, -0.05) is 24.3 Å². The van der Waals surface area contributed by atoms with Gasteiger partial charge in [0.2, 0.25) is 5.91 Å². The first-order valence-corrected chi connectivity index (χ1v) is 9.91. The van der Waals surface area contributed by atoms with E-state index in [1.54, 1.807) is 44.2 Å². The Morgan fingerprint density at radius 3 is 2.50 bits per heavy atom. The predicted octanol–water partition coefficient (Wildman–Crippen LogP) is 3.29. The van der Waals surface area contributed by atoms with Gasteiger partial charge in [0.05, 0.1) is 32.0 Å². The van der Waals surface area contributed by atoms with E-state index in [9.17, 15) is 9.59 Å². The number of nitrogens with one attached hydrogen (secondary N) is 1. The van der Waals surface area contributed by atoms with Gasteiger partial charge in [-0.2, -0.15) is 0 Å². The summed E-state index contributed by atoms with van der Waals surface area (Å²) in [6.07, 6.45) is 4.69. The van der Waals surface area contributed by atoms with Crippen LogP contribution in [0.4, 0.5) is 0 Å². The molecule has 158 valence electrons. The highest BCUT2D eigenvalue weighted by Crippen LogP contribution is 2.25. The Kier molecular flexibility index (Phi) is 6.72. The molecular weight excluding hydrogens is 382 g/mol. The fourth-order valence-electron chi connectivity index (χ4n) is 3.19. The SMILES string of the molecule is COc1ccc2cc([C@H](C)C(=O)N[C@H](Cn3ccnc3)C(=O)OC(C)C)ccc2c1. The van der Waals surface area contributed by atoms with Crippen LogP contribution in [0.5, 0.6) is 5.75 Å². The van der Waals surface area contributed by atoms with Gasteiger partial charge in [-0.05, 0) is 49.2 Å². The van der Waals surface area contributed by atoms with E-state index >= 15 is 0 Å². The summed E-state index contributed by atoms with van der Waals surface area (Å²) >= 11 is 0. The Bertz CT molecular complexity index is 1010. The minimum Gasteiger partial charge on any atom is -0.497 e. The van der Waals surface area contributed by atoms with Crippen molar-refractivity contribution in [2.75, 3.05) is 7.11 Å². The molecule has 0 aliphatic rings. The van der Waals surface area contributed by atoms with Gasteiger partial charge in [-0.3, -0.25) is 4.79 Å². The number of fused-ring (bicyclic) bond motifs is 1. The second kappa shape index (κ2) is 9.43. The van der Waals surface area contributed by atoms with Gasteiger partial charge in [0, 0.05) is 12.4 Å². The number of esters is 1. The van der Waals surface area contributed by atoms with E-state index in [2.05, 4.69) is 10.3 Å². The monoisotopic (exact) mass is 409 g/mol. The summed E-state index contributed by atoms with van der Waals surface area (Å²) < 4.78 is 12.3. The fraction of sp³-hybridized carbons (Fsp3) is 0.348. The summed E-state index contributed by atoms with van der Waals surface area (Å²) in [6.45, 7) is 5.63. The van der Waals surface area contributed by atoms with Crippen molar-refractivity contribution in [1.82, 2.24) is 14.9 Å². The standard InChI is InChI=1S/C23H27N3O4/c1-15(2)30-23(28)21(13-26-10-9-24-14-26)25-22(27)16(3)17-5-6-19-12-20(29-4)8-7-18(19)11-17/h5-12,14-16,21H,13H2,1-4H3,(H,25,27)/t16-,21+/m0/s1. The first-order valence-electron chi connectivity index (χ1n) is 9.91. The summed E-state index contributed by atoms with van der Waals surface area (Å²) in [5.41, 5.74) is 0.865. The molecule has 7 nitrogen and oxygen atoms in total. The summed E-state index contributed by atoms with van der Waals surface area (Å²) in [7, 11) is 1.63. The first kappa shape index (κ1) is 21.4. The van der Waals surface area contributed by atoms with Crippen molar-refractivity contribution in [3.05, 3.63) is 60.7 Å². The highest BCUT2D eigenvalue weighted by atomic mass is 16.5. The molecule has 0 radical (unpaired) electrons. The smallest absolute Gasteiger partial charge is 0.330 e. The molecule has 1 aromatic heterocycles. The van der Waals surface area contributed by atoms with E-state index in [1.165, 1.54) is 0 Å². The van der Waals surface area contributed by atoms with Crippen molar-refractivity contribution in [3.63, 3.8) is 0 Å². The van der Waals surface area contributed by atoms with Crippen molar-refractivity contribution < 1.29 is 19.1 Å². The van der Waals surface area contributed by atoms with Crippen molar-refractivity contribution in [3.8, 4) is 5.75 Å². The number of hydrogen-bond acceptors (Lipinski definition) is 5. The maximum absolute atomic E-state index is 12.9. The number of methoxy groups -OCH3 is 1. The largest absolute Gasteiger partial charge is 0.497 e. The van der Waals surface area contributed by atoms with Crippen LogP contribution in [-0.2, 0) is 20.9 Å². The first-order chi connectivity index (χ1) is 14.4. The topological polar surface area (TPSA) is 82.5 Å². The number of aromatic nitrogens is 2. The molecule has 3 rings (SSSR count). The fourth-order valence-corrected chi connectivity index (χ4v) is 3.19. The van der Waals surface area contributed by atoms with E-state index in [0.29, 0.717) is 0 Å². The summed E-state index contributed by atoms with van der Waals surface area (Å²) in [4.78, 5) is 29.5. The lowest BCUT2D eigenvalue weighted by atomic mass is 9.96. The van der Waals surface area contributed by atoms with Crippen LogP contribution >= 0.6 is 0 Å². The van der Waals surface area contributed by atoms with Gasteiger partial charge in [0.1, 0.15) is 11.8 Å². The molecule has 0 bridgehead atoms. The molecule has 3 aromatic rings. The zero-order valence-electron chi connectivity index (χ0n) is 17.7. The van der Waals surface area contributed by atoms with E-state index in [0.717, 1.165) is 22.1 Å². The van der Waals surface area contributed by atoms with Crippen LogP contribution in [0.25, 0.3) is 10.8 Å². The molecule has 0 saturated carbocycles. The van der Waals surface area contributed by atoms with Crippen LogP contribution in [0.2, 0.25) is 0 Å². The summed E-state index contributed by atoms with van der Waals surface area (Å²) in [5.74, 6) is -0.362. The highest BCUT2D eigenvalue weighted by molar-refractivity contribution is 5.90. The second-order valence-electron chi connectivity index (χ2n) is 7.50. The average Bonchev–Trinajstić information content (AvgIpc) is 3.24. The molecule has 0 aliphatic carbocycles. The molecule has 0 saturated heterocycles. The average molecular weight is 409 g/mol. The third-order valence-electron chi connectivity index (χ3n) is 4.87. The van der Waals surface area contributed by atoms with Crippen LogP contribution < -0.4 is 10.1 Å². The molecular formula is C23H27N3O4. The Morgan fingerprint density at radius 1 is 1.10 bits per heavy atom. The second-order valence-corrected chi connectivity index (χ2v) is 7.50. The summed E-state index contributed by atoms with van der Waals surface area (Å²) in [5, 5.41) is 4.89. The zero-order valence-corrected chi connectivity index (χ0v) is 17.7. The number of nitrogens with zero attached hydrogens (tertiary/aromatic N) is 2. The Balaban J connectivity index is 1.76. The van der Waals surface area contributed by atoms with Gasteiger partial charge in [-0.25, -0.2) is 9.78 Å². The van der Waals surface area contributed by atoms with E-state index in [-0.39, 0.29) is 18.6 Å². The van der Waals surface area contributed by atoms with E-state index < -0.39 is 17.9 Å². The van der Waals surface area contributed by atoms with E-state index in [4.69, 9.17) is 9.47 Å². The molecule has 1 heterocycles. The maximum atomic E-state index is 12.9. The summed E-state index contributed by atoms with van der Waals surface area (Å²) in [6, 6.07) is 10.9. The number of hydrogen-bond donors (Lipinski definition) is 1. The van der Waals surface area contributed by atoms with Crippen LogP contribution in [0, 0.1) is 0 Å². The van der Waals surface area contributed by atoms with Crippen LogP contribution in [-0.4, -0.2) is 40.7 Å². The molecule has 1 N–H and O–H groups in total. The van der Waals surface area contributed by atoms with Gasteiger partial charge < -0.3 is 19.4 Å². The number of ether oxygens (including phenoxy) is 2. The molecule has 0 fully saturated rings. The Morgan fingerprint density at radius 2 is 1.83 bits per heavy atom. The molecule has 1 amide bonds. The van der Waals surface area contributed by atoms with Gasteiger partial charge in [0.15, 0.2) is 0 Å². The lowest BCUT2D eigenvalue weighted by Gasteiger charge is -2.22. The quantitative estimate of drug-likeness (QED) is 0.578. The normalized spacial score (nSPS) is 13.1. The molecule has 0 aliphatic heterocycles. The molecule has 0 spiro atoms. The van der Waals surface area contributed by atoms with Crippen molar-refractivity contribution in [1.29, 1.82) is 0 Å². The van der Waals surface area contributed by atoms with Gasteiger partial charge in [-0.15, -0.1) is 0 Å². The molecule has 2 aromatic carbocycles. The minimum absolute atomic E-state index is 0.242.